The molecule has 0 bridgehead atoms. The number of ether oxygens (including phenoxy) is 3. The van der Waals surface area contributed by atoms with E-state index in [4.69, 9.17) is 14.2 Å². The van der Waals surface area contributed by atoms with Gasteiger partial charge in [0.25, 0.3) is 5.91 Å². The monoisotopic (exact) mass is 355 g/mol. The van der Waals surface area contributed by atoms with Crippen molar-refractivity contribution < 1.29 is 19.0 Å². The molecule has 26 heavy (non-hydrogen) atoms. The summed E-state index contributed by atoms with van der Waals surface area (Å²) in [6.07, 6.45) is 1.11. The number of hydrogen-bond acceptors (Lipinski definition) is 6. The zero-order chi connectivity index (χ0) is 17.8. The second-order valence-electron chi connectivity index (χ2n) is 6.17. The molecule has 1 amide bonds. The van der Waals surface area contributed by atoms with Crippen molar-refractivity contribution in [3.8, 4) is 11.5 Å². The Morgan fingerprint density at radius 3 is 2.81 bits per heavy atom. The standard InChI is InChI=1S/C19H21N3O4/c23-19(17-13-25-15-5-1-2-6-16(15)26-17)21-12-14-4-3-7-20-18(14)22-8-10-24-11-9-22/h1-7,17H,8-13H2,(H,21,23). The van der Waals surface area contributed by atoms with E-state index < -0.39 is 6.10 Å². The molecule has 3 heterocycles. The van der Waals surface area contributed by atoms with Gasteiger partial charge in [-0.3, -0.25) is 4.79 Å². The van der Waals surface area contributed by atoms with E-state index in [1.807, 2.05) is 30.3 Å². The van der Waals surface area contributed by atoms with E-state index in [-0.39, 0.29) is 12.5 Å². The van der Waals surface area contributed by atoms with E-state index >= 15 is 0 Å². The van der Waals surface area contributed by atoms with Gasteiger partial charge >= 0.3 is 0 Å². The molecule has 1 saturated heterocycles. The van der Waals surface area contributed by atoms with Crippen molar-refractivity contribution in [2.24, 2.45) is 0 Å². The first-order valence-corrected chi connectivity index (χ1v) is 8.74. The maximum atomic E-state index is 12.5. The molecule has 1 aromatic carbocycles. The molecular formula is C19H21N3O4. The molecule has 0 spiro atoms. The Hall–Kier alpha value is -2.80. The Kier molecular flexibility index (Phi) is 4.88. The van der Waals surface area contributed by atoms with Crippen molar-refractivity contribution in [1.29, 1.82) is 0 Å². The Balaban J connectivity index is 1.39. The predicted molar refractivity (Wildman–Crippen MR) is 95.5 cm³/mol. The van der Waals surface area contributed by atoms with E-state index in [1.165, 1.54) is 0 Å². The normalized spacial score (nSPS) is 19.1. The molecular weight excluding hydrogens is 334 g/mol. The predicted octanol–water partition coefficient (Wildman–Crippen LogP) is 1.37. The number of pyridine rings is 1. The van der Waals surface area contributed by atoms with Crippen LogP contribution in [0.25, 0.3) is 0 Å². The lowest BCUT2D eigenvalue weighted by Gasteiger charge is -2.29. The van der Waals surface area contributed by atoms with Gasteiger partial charge in [-0.05, 0) is 18.2 Å². The Morgan fingerprint density at radius 2 is 1.96 bits per heavy atom. The first kappa shape index (κ1) is 16.7. The van der Waals surface area contributed by atoms with Gasteiger partial charge in [-0.2, -0.15) is 0 Å². The Morgan fingerprint density at radius 1 is 1.15 bits per heavy atom. The summed E-state index contributed by atoms with van der Waals surface area (Å²) in [6.45, 7) is 3.57. The molecule has 1 fully saturated rings. The van der Waals surface area contributed by atoms with Crippen LogP contribution in [0, 0.1) is 0 Å². The number of carbonyl (C=O) groups excluding carboxylic acids is 1. The fraction of sp³-hybridized carbons (Fsp3) is 0.368. The summed E-state index contributed by atoms with van der Waals surface area (Å²) in [5.74, 6) is 1.95. The minimum absolute atomic E-state index is 0.198. The number of carbonyl (C=O) groups is 1. The second-order valence-corrected chi connectivity index (χ2v) is 6.17. The lowest BCUT2D eigenvalue weighted by Crippen LogP contribution is -2.44. The molecule has 1 unspecified atom stereocenters. The van der Waals surface area contributed by atoms with Crippen molar-refractivity contribution in [2.45, 2.75) is 12.6 Å². The van der Waals surface area contributed by atoms with E-state index in [2.05, 4.69) is 15.2 Å². The van der Waals surface area contributed by atoms with Gasteiger partial charge in [0.15, 0.2) is 11.5 Å². The van der Waals surface area contributed by atoms with Crippen molar-refractivity contribution in [2.75, 3.05) is 37.8 Å². The van der Waals surface area contributed by atoms with Crippen LogP contribution in [-0.4, -0.2) is 49.9 Å². The Bertz CT molecular complexity index is 777. The molecule has 0 aliphatic carbocycles. The average Bonchev–Trinajstić information content (AvgIpc) is 2.72. The summed E-state index contributed by atoms with van der Waals surface area (Å²) in [4.78, 5) is 19.2. The molecule has 1 N–H and O–H groups in total. The highest BCUT2D eigenvalue weighted by atomic mass is 16.6. The summed E-state index contributed by atoms with van der Waals surface area (Å²) in [5, 5.41) is 2.94. The first-order chi connectivity index (χ1) is 12.8. The number of anilines is 1. The molecule has 0 saturated carbocycles. The molecule has 1 atom stereocenters. The highest BCUT2D eigenvalue weighted by Gasteiger charge is 2.27. The third kappa shape index (κ3) is 3.57. The van der Waals surface area contributed by atoms with Crippen LogP contribution in [0.3, 0.4) is 0 Å². The second kappa shape index (κ2) is 7.61. The number of nitrogens with zero attached hydrogens (tertiary/aromatic N) is 2. The smallest absolute Gasteiger partial charge is 0.264 e. The lowest BCUT2D eigenvalue weighted by atomic mass is 10.2. The topological polar surface area (TPSA) is 72.9 Å². The van der Waals surface area contributed by atoms with Gasteiger partial charge in [0.1, 0.15) is 12.4 Å². The molecule has 7 nitrogen and oxygen atoms in total. The van der Waals surface area contributed by atoms with Crippen molar-refractivity contribution in [3.05, 3.63) is 48.2 Å². The quantitative estimate of drug-likeness (QED) is 0.893. The summed E-state index contributed by atoms with van der Waals surface area (Å²) in [5.41, 5.74) is 0.972. The fourth-order valence-corrected chi connectivity index (χ4v) is 3.07. The van der Waals surface area contributed by atoms with Gasteiger partial charge in [-0.15, -0.1) is 0 Å². The summed E-state index contributed by atoms with van der Waals surface area (Å²) < 4.78 is 16.8. The summed E-state index contributed by atoms with van der Waals surface area (Å²) in [7, 11) is 0. The molecule has 2 aliphatic rings. The first-order valence-electron chi connectivity index (χ1n) is 8.74. The zero-order valence-corrected chi connectivity index (χ0v) is 14.4. The number of hydrogen-bond donors (Lipinski definition) is 1. The van der Waals surface area contributed by atoms with Crippen LogP contribution in [0.4, 0.5) is 5.82 Å². The maximum Gasteiger partial charge on any atom is 0.264 e. The highest BCUT2D eigenvalue weighted by Crippen LogP contribution is 2.30. The number of para-hydroxylation sites is 2. The van der Waals surface area contributed by atoms with Gasteiger partial charge in [0.05, 0.1) is 13.2 Å². The van der Waals surface area contributed by atoms with Gasteiger partial charge in [0.2, 0.25) is 6.10 Å². The average molecular weight is 355 g/mol. The van der Waals surface area contributed by atoms with Crippen LogP contribution >= 0.6 is 0 Å². The van der Waals surface area contributed by atoms with Gasteiger partial charge in [-0.25, -0.2) is 4.98 Å². The third-order valence-corrected chi connectivity index (χ3v) is 4.43. The number of morpholine rings is 1. The summed E-state index contributed by atoms with van der Waals surface area (Å²) in [6, 6.07) is 11.2. The molecule has 1 aromatic heterocycles. The third-order valence-electron chi connectivity index (χ3n) is 4.43. The van der Waals surface area contributed by atoms with Gasteiger partial charge < -0.3 is 24.4 Å². The van der Waals surface area contributed by atoms with Crippen LogP contribution in [0.1, 0.15) is 5.56 Å². The van der Waals surface area contributed by atoms with Crippen molar-refractivity contribution in [3.63, 3.8) is 0 Å². The fourth-order valence-electron chi connectivity index (χ4n) is 3.07. The molecule has 2 aliphatic heterocycles. The lowest BCUT2D eigenvalue weighted by molar-refractivity contribution is -0.130. The van der Waals surface area contributed by atoms with E-state index in [0.717, 1.165) is 24.5 Å². The number of benzene rings is 1. The molecule has 4 rings (SSSR count). The Labute approximate surface area is 151 Å². The van der Waals surface area contributed by atoms with Crippen LogP contribution in [0.15, 0.2) is 42.6 Å². The largest absolute Gasteiger partial charge is 0.485 e. The van der Waals surface area contributed by atoms with Crippen molar-refractivity contribution >= 4 is 11.7 Å². The van der Waals surface area contributed by atoms with E-state index in [9.17, 15) is 4.79 Å². The van der Waals surface area contributed by atoms with Gasteiger partial charge in [-0.1, -0.05) is 18.2 Å². The van der Waals surface area contributed by atoms with Crippen LogP contribution < -0.4 is 19.7 Å². The molecule has 136 valence electrons. The van der Waals surface area contributed by atoms with Crippen molar-refractivity contribution in [1.82, 2.24) is 10.3 Å². The van der Waals surface area contributed by atoms with Crippen LogP contribution in [0.2, 0.25) is 0 Å². The number of nitrogens with one attached hydrogen (secondary N) is 1. The number of amides is 1. The van der Waals surface area contributed by atoms with Crippen LogP contribution in [-0.2, 0) is 16.1 Å². The minimum atomic E-state index is -0.659. The zero-order valence-electron chi connectivity index (χ0n) is 14.4. The molecule has 2 aromatic rings. The minimum Gasteiger partial charge on any atom is -0.485 e. The molecule has 7 heteroatoms. The molecule has 0 radical (unpaired) electrons. The highest BCUT2D eigenvalue weighted by molar-refractivity contribution is 5.81. The summed E-state index contributed by atoms with van der Waals surface area (Å²) >= 11 is 0. The SMILES string of the molecule is O=C(NCc1cccnc1N1CCOCC1)C1COc2ccccc2O1. The van der Waals surface area contributed by atoms with E-state index in [1.54, 1.807) is 12.3 Å². The van der Waals surface area contributed by atoms with Gasteiger partial charge in [0, 0.05) is 31.4 Å². The number of fused-ring (bicyclic) bond motifs is 1. The van der Waals surface area contributed by atoms with E-state index in [0.29, 0.717) is 31.3 Å². The number of rotatable bonds is 4. The number of aromatic nitrogens is 1. The maximum absolute atomic E-state index is 12.5. The van der Waals surface area contributed by atoms with Crippen LogP contribution in [0.5, 0.6) is 11.5 Å².